The number of aromatic nitrogens is 5. The van der Waals surface area contributed by atoms with E-state index in [0.717, 1.165) is 53.8 Å². The van der Waals surface area contributed by atoms with Gasteiger partial charge in [0.25, 0.3) is 0 Å². The molecule has 0 aromatic carbocycles. The number of amides is 2. The third-order valence-electron chi connectivity index (χ3n) is 7.74. The van der Waals surface area contributed by atoms with Crippen molar-refractivity contribution in [2.24, 2.45) is 5.92 Å². The van der Waals surface area contributed by atoms with E-state index in [9.17, 15) is 9.59 Å². The lowest BCUT2D eigenvalue weighted by molar-refractivity contribution is -0.141. The molecule has 2 fully saturated rings. The number of H-pyrrole nitrogens is 1. The molecule has 1 saturated carbocycles. The molecule has 0 atom stereocenters. The highest BCUT2D eigenvalue weighted by atomic mass is 16.4. The van der Waals surface area contributed by atoms with Crippen molar-refractivity contribution >= 4 is 17.6 Å². The van der Waals surface area contributed by atoms with Crippen LogP contribution in [-0.4, -0.2) is 77.9 Å². The summed E-state index contributed by atoms with van der Waals surface area (Å²) in [6, 6.07) is 2.33. The number of rotatable bonds is 5. The van der Waals surface area contributed by atoms with Gasteiger partial charge in [0.15, 0.2) is 5.65 Å². The van der Waals surface area contributed by atoms with E-state index in [1.807, 2.05) is 29.6 Å². The monoisotopic (exact) mass is 479 g/mol. The summed E-state index contributed by atoms with van der Waals surface area (Å²) in [5, 5.41) is 21.5. The van der Waals surface area contributed by atoms with Crippen molar-refractivity contribution in [3.63, 3.8) is 0 Å². The maximum absolute atomic E-state index is 12.8. The molecular weight excluding hydrogens is 446 g/mol. The fourth-order valence-electron chi connectivity index (χ4n) is 5.71. The third kappa shape index (κ3) is 4.15. The van der Waals surface area contributed by atoms with Crippen molar-refractivity contribution in [2.45, 2.75) is 64.3 Å². The normalized spacial score (nSPS) is 20.9. The van der Waals surface area contributed by atoms with Gasteiger partial charge in [-0.2, -0.15) is 10.2 Å². The lowest BCUT2D eigenvalue weighted by atomic mass is 9.80. The molecule has 1 aliphatic heterocycles. The molecule has 10 heteroatoms. The van der Waals surface area contributed by atoms with Gasteiger partial charge in [-0.15, -0.1) is 0 Å². The Morgan fingerprint density at radius 3 is 2.57 bits per heavy atom. The average Bonchev–Trinajstić information content (AvgIpc) is 3.45. The molecule has 1 saturated heterocycles. The molecule has 0 unspecified atom stereocenters. The number of carbonyl (C=O) groups is 2. The van der Waals surface area contributed by atoms with Crippen LogP contribution in [0.25, 0.3) is 16.9 Å². The zero-order valence-electron chi connectivity index (χ0n) is 20.7. The third-order valence-corrected chi connectivity index (χ3v) is 7.74. The predicted octanol–water partition coefficient (Wildman–Crippen LogP) is 3.65. The van der Waals surface area contributed by atoms with Crippen molar-refractivity contribution in [1.82, 2.24) is 34.6 Å². The number of pyridine rings is 1. The van der Waals surface area contributed by atoms with Crippen LogP contribution in [0, 0.1) is 12.8 Å². The van der Waals surface area contributed by atoms with Crippen LogP contribution in [0.1, 0.15) is 68.2 Å². The first-order chi connectivity index (χ1) is 16.7. The molecule has 10 nitrogen and oxygen atoms in total. The van der Waals surface area contributed by atoms with Gasteiger partial charge in [0.05, 0.1) is 17.3 Å². The van der Waals surface area contributed by atoms with Gasteiger partial charge in [0, 0.05) is 49.4 Å². The maximum atomic E-state index is 12.8. The Balaban J connectivity index is 1.30. The standard InChI is InChI=1S/C25H33N7O3/c1-14(2)20-21(28-29-22(20)17-9-15(3)23-26-13-27-32(23)12-17)16-5-7-19(8-6-16)30(4)24(33)18-10-31(11-18)25(34)35/h9,12-14,16,18-19H,5-8,10-11H2,1-4H3,(H,28,29)(H,34,35). The molecule has 3 aromatic heterocycles. The number of hydrogen-bond donors (Lipinski definition) is 2. The molecule has 2 amide bonds. The van der Waals surface area contributed by atoms with Crippen molar-refractivity contribution in [3.8, 4) is 11.3 Å². The van der Waals surface area contributed by atoms with Gasteiger partial charge < -0.3 is 14.9 Å². The van der Waals surface area contributed by atoms with Crippen LogP contribution in [0.5, 0.6) is 0 Å². The molecule has 2 aliphatic rings. The largest absolute Gasteiger partial charge is 0.465 e. The van der Waals surface area contributed by atoms with Crippen molar-refractivity contribution in [3.05, 3.63) is 35.4 Å². The van der Waals surface area contributed by atoms with Crippen LogP contribution < -0.4 is 0 Å². The first kappa shape index (κ1) is 23.3. The molecule has 2 N–H and O–H groups in total. The highest BCUT2D eigenvalue weighted by Gasteiger charge is 2.39. The second-order valence-electron chi connectivity index (χ2n) is 10.3. The minimum Gasteiger partial charge on any atom is -0.465 e. The molecule has 0 radical (unpaired) electrons. The summed E-state index contributed by atoms with van der Waals surface area (Å²) in [7, 11) is 1.87. The van der Waals surface area contributed by atoms with Gasteiger partial charge in [-0.1, -0.05) is 13.8 Å². The Kier molecular flexibility index (Phi) is 5.98. The summed E-state index contributed by atoms with van der Waals surface area (Å²) < 4.78 is 1.81. The number of carbonyl (C=O) groups excluding carboxylic acids is 1. The number of nitrogens with one attached hydrogen (secondary N) is 1. The number of fused-ring (bicyclic) bond motifs is 1. The number of carboxylic acid groups (broad SMARTS) is 1. The number of hydrogen-bond acceptors (Lipinski definition) is 5. The van der Waals surface area contributed by atoms with E-state index in [2.05, 4.69) is 35.1 Å². The van der Waals surface area contributed by atoms with Gasteiger partial charge in [0.1, 0.15) is 6.33 Å². The summed E-state index contributed by atoms with van der Waals surface area (Å²) >= 11 is 0. The minimum absolute atomic E-state index is 0.0646. The van der Waals surface area contributed by atoms with Gasteiger partial charge >= 0.3 is 6.09 Å². The van der Waals surface area contributed by atoms with E-state index < -0.39 is 6.09 Å². The highest BCUT2D eigenvalue weighted by molar-refractivity contribution is 5.82. The predicted molar refractivity (Wildman–Crippen MR) is 130 cm³/mol. The van der Waals surface area contributed by atoms with Crippen LogP contribution in [0.15, 0.2) is 18.6 Å². The van der Waals surface area contributed by atoms with Crippen molar-refractivity contribution in [2.75, 3.05) is 20.1 Å². The summed E-state index contributed by atoms with van der Waals surface area (Å²) in [6.07, 6.45) is 6.41. The smallest absolute Gasteiger partial charge is 0.407 e. The quantitative estimate of drug-likeness (QED) is 0.576. The van der Waals surface area contributed by atoms with Gasteiger partial charge in [-0.25, -0.2) is 14.3 Å². The molecule has 1 aliphatic carbocycles. The Bertz CT molecular complexity index is 1250. The van der Waals surface area contributed by atoms with Crippen LogP contribution in [0.3, 0.4) is 0 Å². The molecule has 0 spiro atoms. The SMILES string of the molecule is Cc1cc(-c2[nH]nc(C3CCC(N(C)C(=O)C4CN(C(=O)O)C4)CC3)c2C(C)C)cn2ncnc12. The summed E-state index contributed by atoms with van der Waals surface area (Å²) in [5.41, 5.74) is 6.40. The van der Waals surface area contributed by atoms with Crippen LogP contribution in [0.2, 0.25) is 0 Å². The van der Waals surface area contributed by atoms with Crippen molar-refractivity contribution in [1.29, 1.82) is 0 Å². The fraction of sp³-hybridized carbons (Fsp3) is 0.560. The fourth-order valence-corrected chi connectivity index (χ4v) is 5.71. The maximum Gasteiger partial charge on any atom is 0.407 e. The summed E-state index contributed by atoms with van der Waals surface area (Å²) in [4.78, 5) is 31.3. The summed E-state index contributed by atoms with van der Waals surface area (Å²) in [5.74, 6) is 0.513. The highest BCUT2D eigenvalue weighted by Crippen LogP contribution is 2.40. The lowest BCUT2D eigenvalue weighted by Crippen LogP contribution is -2.57. The topological polar surface area (TPSA) is 120 Å². The van der Waals surface area contributed by atoms with Crippen LogP contribution >= 0.6 is 0 Å². The number of nitrogens with zero attached hydrogens (tertiary/aromatic N) is 6. The molecule has 5 rings (SSSR count). The molecule has 186 valence electrons. The zero-order chi connectivity index (χ0) is 24.9. The van der Waals surface area contributed by atoms with Gasteiger partial charge in [-0.05, 0) is 50.2 Å². The Labute approximate surface area is 204 Å². The Hall–Kier alpha value is -3.43. The Morgan fingerprint density at radius 2 is 1.91 bits per heavy atom. The molecule has 0 bridgehead atoms. The van der Waals surface area contributed by atoms with E-state index >= 15 is 0 Å². The summed E-state index contributed by atoms with van der Waals surface area (Å²) in [6.45, 7) is 7.07. The Morgan fingerprint density at radius 1 is 1.20 bits per heavy atom. The first-order valence-electron chi connectivity index (χ1n) is 12.4. The molecule has 35 heavy (non-hydrogen) atoms. The first-order valence-corrected chi connectivity index (χ1v) is 12.4. The molecule has 3 aromatic rings. The second-order valence-corrected chi connectivity index (χ2v) is 10.3. The van der Waals surface area contributed by atoms with E-state index in [-0.39, 0.29) is 17.9 Å². The van der Waals surface area contributed by atoms with Gasteiger partial charge in [-0.3, -0.25) is 9.89 Å². The zero-order valence-corrected chi connectivity index (χ0v) is 20.7. The van der Waals surface area contributed by atoms with Crippen LogP contribution in [-0.2, 0) is 4.79 Å². The average molecular weight is 480 g/mol. The minimum atomic E-state index is -0.951. The van der Waals surface area contributed by atoms with E-state index in [1.165, 1.54) is 10.5 Å². The molecule has 4 heterocycles. The number of aromatic amines is 1. The van der Waals surface area contributed by atoms with E-state index in [0.29, 0.717) is 24.9 Å². The second kappa shape index (κ2) is 8.98. The number of likely N-dealkylation sites (tertiary alicyclic amines) is 1. The molecular formula is C25H33N7O3. The lowest BCUT2D eigenvalue weighted by Gasteiger charge is -2.41. The van der Waals surface area contributed by atoms with Crippen LogP contribution in [0.4, 0.5) is 4.79 Å². The number of aryl methyl sites for hydroxylation is 1. The van der Waals surface area contributed by atoms with Gasteiger partial charge in [0.2, 0.25) is 5.91 Å². The van der Waals surface area contributed by atoms with Crippen molar-refractivity contribution < 1.29 is 14.7 Å². The van der Waals surface area contributed by atoms with E-state index in [1.54, 1.807) is 6.33 Å². The van der Waals surface area contributed by atoms with E-state index in [4.69, 9.17) is 10.2 Å².